The first-order valence-electron chi connectivity index (χ1n) is 8.04. The van der Waals surface area contributed by atoms with E-state index in [9.17, 15) is 18.1 Å². The highest BCUT2D eigenvalue weighted by atomic mass is 35.5. The van der Waals surface area contributed by atoms with Crippen molar-refractivity contribution in [1.82, 2.24) is 4.90 Å². The molecule has 3 rings (SSSR count). The van der Waals surface area contributed by atoms with Gasteiger partial charge in [0.1, 0.15) is 0 Å². The first-order chi connectivity index (χ1) is 12.3. The van der Waals surface area contributed by atoms with Crippen molar-refractivity contribution in [2.24, 2.45) is 5.29 Å². The maximum Gasteiger partial charge on any atom is 0.416 e. The lowest BCUT2D eigenvalue weighted by Gasteiger charge is -2.29. The summed E-state index contributed by atoms with van der Waals surface area (Å²) in [5.74, 6) is 0. The summed E-state index contributed by atoms with van der Waals surface area (Å²) in [6.07, 6.45) is -3.75. The highest BCUT2D eigenvalue weighted by molar-refractivity contribution is 6.31. The minimum Gasteiger partial charge on any atom is -0.294 e. The standard InChI is InChI=1S/C18H17ClF3N3O/c1-24(23-26)16-5-3-14(17(19)9-16)11-25-7-6-12-8-15(18(20,21)22)4-2-13(12)10-25/h2-5,8-9H,6-7,10-11H2,1H3. The van der Waals surface area contributed by atoms with E-state index in [1.165, 1.54) is 18.1 Å². The normalized spacial score (nSPS) is 14.8. The summed E-state index contributed by atoms with van der Waals surface area (Å²) in [7, 11) is 1.54. The van der Waals surface area contributed by atoms with E-state index >= 15 is 0 Å². The van der Waals surface area contributed by atoms with Gasteiger partial charge in [0.15, 0.2) is 0 Å². The van der Waals surface area contributed by atoms with Gasteiger partial charge in [0.05, 0.1) is 16.5 Å². The number of fused-ring (bicyclic) bond motifs is 1. The summed E-state index contributed by atoms with van der Waals surface area (Å²) in [6, 6.07) is 9.20. The van der Waals surface area contributed by atoms with Crippen LogP contribution in [-0.2, 0) is 25.7 Å². The molecule has 2 aromatic carbocycles. The second-order valence-electron chi connectivity index (χ2n) is 6.32. The number of nitrogens with zero attached hydrogens (tertiary/aromatic N) is 3. The van der Waals surface area contributed by atoms with E-state index in [1.807, 2.05) is 6.07 Å². The zero-order valence-corrected chi connectivity index (χ0v) is 14.8. The first-order valence-corrected chi connectivity index (χ1v) is 8.42. The molecular formula is C18H17ClF3N3O. The monoisotopic (exact) mass is 383 g/mol. The van der Waals surface area contributed by atoms with Crippen LogP contribution >= 0.6 is 11.6 Å². The van der Waals surface area contributed by atoms with Crippen LogP contribution in [0.25, 0.3) is 0 Å². The second kappa shape index (κ2) is 7.25. The molecule has 0 radical (unpaired) electrons. The molecule has 26 heavy (non-hydrogen) atoms. The van der Waals surface area contributed by atoms with E-state index in [2.05, 4.69) is 10.2 Å². The number of nitroso groups, excluding NO2 is 1. The van der Waals surface area contributed by atoms with E-state index in [-0.39, 0.29) is 0 Å². The molecule has 0 aliphatic carbocycles. The molecule has 1 aliphatic heterocycles. The Morgan fingerprint density at radius 2 is 1.96 bits per heavy atom. The zero-order valence-electron chi connectivity index (χ0n) is 14.1. The molecule has 0 bridgehead atoms. The van der Waals surface area contributed by atoms with Crippen LogP contribution in [0.3, 0.4) is 0 Å². The van der Waals surface area contributed by atoms with E-state index in [4.69, 9.17) is 11.6 Å². The molecule has 8 heteroatoms. The summed E-state index contributed by atoms with van der Waals surface area (Å²) in [6.45, 7) is 1.81. The molecule has 1 heterocycles. The Morgan fingerprint density at radius 1 is 1.19 bits per heavy atom. The molecule has 0 spiro atoms. The minimum absolute atomic E-state index is 0.524. The van der Waals surface area contributed by atoms with Crippen LogP contribution in [0.2, 0.25) is 5.02 Å². The largest absolute Gasteiger partial charge is 0.416 e. The van der Waals surface area contributed by atoms with Crippen molar-refractivity contribution in [2.75, 3.05) is 18.6 Å². The van der Waals surface area contributed by atoms with E-state index in [1.54, 1.807) is 18.2 Å². The molecule has 0 N–H and O–H groups in total. The molecular weight excluding hydrogens is 367 g/mol. The van der Waals surface area contributed by atoms with Crippen LogP contribution in [0.1, 0.15) is 22.3 Å². The van der Waals surface area contributed by atoms with Crippen LogP contribution in [0.4, 0.5) is 18.9 Å². The molecule has 1 aliphatic rings. The van der Waals surface area contributed by atoms with Crippen LogP contribution in [0.15, 0.2) is 41.7 Å². The molecule has 0 atom stereocenters. The summed E-state index contributed by atoms with van der Waals surface area (Å²) in [5, 5.41) is 4.54. The third kappa shape index (κ3) is 3.99. The van der Waals surface area contributed by atoms with Crippen molar-refractivity contribution in [3.05, 3.63) is 68.6 Å². The quantitative estimate of drug-likeness (QED) is 0.548. The second-order valence-corrected chi connectivity index (χ2v) is 6.73. The number of hydrogen-bond donors (Lipinski definition) is 0. The minimum atomic E-state index is -4.31. The number of benzene rings is 2. The molecule has 4 nitrogen and oxygen atoms in total. The number of rotatable bonds is 4. The lowest BCUT2D eigenvalue weighted by Crippen LogP contribution is -2.30. The van der Waals surface area contributed by atoms with Gasteiger partial charge in [-0.1, -0.05) is 23.7 Å². The van der Waals surface area contributed by atoms with Crippen LogP contribution in [-0.4, -0.2) is 18.5 Å². The van der Waals surface area contributed by atoms with Gasteiger partial charge in [0, 0.05) is 31.7 Å². The van der Waals surface area contributed by atoms with Crippen molar-refractivity contribution in [2.45, 2.75) is 25.7 Å². The Balaban J connectivity index is 1.73. The van der Waals surface area contributed by atoms with Crippen LogP contribution in [0.5, 0.6) is 0 Å². The maximum absolute atomic E-state index is 12.8. The van der Waals surface area contributed by atoms with E-state index in [0.717, 1.165) is 22.8 Å². The fourth-order valence-corrected chi connectivity index (χ4v) is 3.31. The number of hydrogen-bond acceptors (Lipinski definition) is 3. The fraction of sp³-hybridized carbons (Fsp3) is 0.333. The van der Waals surface area contributed by atoms with Gasteiger partial charge in [-0.25, -0.2) is 5.01 Å². The molecule has 2 aromatic rings. The van der Waals surface area contributed by atoms with Gasteiger partial charge in [-0.3, -0.25) is 4.90 Å². The predicted octanol–water partition coefficient (Wildman–Crippen LogP) is 5.03. The number of alkyl halides is 3. The van der Waals surface area contributed by atoms with Gasteiger partial charge in [-0.2, -0.15) is 13.2 Å². The Labute approximate surface area is 154 Å². The Bertz CT molecular complexity index is 826. The lowest BCUT2D eigenvalue weighted by molar-refractivity contribution is -0.137. The average Bonchev–Trinajstić information content (AvgIpc) is 2.61. The fourth-order valence-electron chi connectivity index (χ4n) is 3.08. The van der Waals surface area contributed by atoms with Gasteiger partial charge < -0.3 is 0 Å². The Kier molecular flexibility index (Phi) is 5.20. The summed E-state index contributed by atoms with van der Waals surface area (Å²) < 4.78 is 38.5. The number of halogens is 4. The summed E-state index contributed by atoms with van der Waals surface area (Å²) >= 11 is 6.30. The number of anilines is 1. The van der Waals surface area contributed by atoms with Gasteiger partial charge >= 0.3 is 6.18 Å². The van der Waals surface area contributed by atoms with Crippen molar-refractivity contribution in [3.63, 3.8) is 0 Å². The topological polar surface area (TPSA) is 35.9 Å². The van der Waals surface area contributed by atoms with E-state index in [0.29, 0.717) is 36.8 Å². The average molecular weight is 384 g/mol. The highest BCUT2D eigenvalue weighted by Gasteiger charge is 2.31. The molecule has 0 fully saturated rings. The first kappa shape index (κ1) is 18.7. The zero-order chi connectivity index (χ0) is 18.9. The van der Waals surface area contributed by atoms with Crippen molar-refractivity contribution in [1.29, 1.82) is 0 Å². The highest BCUT2D eigenvalue weighted by Crippen LogP contribution is 2.33. The predicted molar refractivity (Wildman–Crippen MR) is 94.9 cm³/mol. The SMILES string of the molecule is CN(N=O)c1ccc(CN2CCc3cc(C(F)(F)F)ccc3C2)c(Cl)c1. The summed E-state index contributed by atoms with van der Waals surface area (Å²) in [5.41, 5.74) is 2.54. The van der Waals surface area contributed by atoms with Crippen molar-refractivity contribution >= 4 is 17.3 Å². The van der Waals surface area contributed by atoms with Gasteiger partial charge in [-0.05, 0) is 47.4 Å². The van der Waals surface area contributed by atoms with Crippen molar-refractivity contribution < 1.29 is 13.2 Å². The van der Waals surface area contributed by atoms with Crippen LogP contribution < -0.4 is 5.01 Å². The summed E-state index contributed by atoms with van der Waals surface area (Å²) in [4.78, 5) is 12.7. The van der Waals surface area contributed by atoms with Gasteiger partial charge in [-0.15, -0.1) is 4.91 Å². The molecule has 0 saturated carbocycles. The van der Waals surface area contributed by atoms with Crippen LogP contribution in [0, 0.1) is 4.91 Å². The lowest BCUT2D eigenvalue weighted by atomic mass is 9.96. The van der Waals surface area contributed by atoms with Gasteiger partial charge in [0.2, 0.25) is 0 Å². The third-order valence-electron chi connectivity index (χ3n) is 4.55. The third-order valence-corrected chi connectivity index (χ3v) is 4.90. The van der Waals surface area contributed by atoms with Gasteiger partial charge in [0.25, 0.3) is 0 Å². The molecule has 0 unspecified atom stereocenters. The smallest absolute Gasteiger partial charge is 0.294 e. The Morgan fingerprint density at radius 3 is 2.62 bits per heavy atom. The molecule has 0 aromatic heterocycles. The maximum atomic E-state index is 12.8. The molecule has 0 saturated heterocycles. The molecule has 0 amide bonds. The molecule has 138 valence electrons. The van der Waals surface area contributed by atoms with E-state index < -0.39 is 11.7 Å². The van der Waals surface area contributed by atoms with Crippen molar-refractivity contribution in [3.8, 4) is 0 Å². The Hall–Kier alpha value is -2.12.